The summed E-state index contributed by atoms with van der Waals surface area (Å²) in [6.07, 6.45) is 6.75. The van der Waals surface area contributed by atoms with Gasteiger partial charge in [0.05, 0.1) is 17.8 Å². The number of aromatic amines is 1. The minimum absolute atomic E-state index is 0.0944. The number of aromatic nitrogens is 2. The highest BCUT2D eigenvalue weighted by Crippen LogP contribution is 2.28. The van der Waals surface area contributed by atoms with E-state index < -0.39 is 29.7 Å². The number of allylic oxidation sites excluding steroid dienone is 5. The van der Waals surface area contributed by atoms with E-state index in [9.17, 15) is 14.7 Å². The summed E-state index contributed by atoms with van der Waals surface area (Å²) in [5.74, 6) is 0. The number of ether oxygens (including phenoxy) is 1. The molecule has 0 amide bonds. The molecule has 1 fully saturated rings. The minimum Gasteiger partial charge on any atom is -0.390 e. The third kappa shape index (κ3) is 2.51. The lowest BCUT2D eigenvalue weighted by Gasteiger charge is -2.15. The second kappa shape index (κ2) is 5.55. The molecule has 115 valence electrons. The van der Waals surface area contributed by atoms with Crippen molar-refractivity contribution in [2.45, 2.75) is 31.8 Å². The number of hydrogen-bond acceptors (Lipinski definition) is 4. The largest absolute Gasteiger partial charge is 0.390 e. The molecule has 2 heterocycles. The quantitative estimate of drug-likeness (QED) is 0.869. The Morgan fingerprint density at radius 2 is 2.41 bits per heavy atom. The summed E-state index contributed by atoms with van der Waals surface area (Å²) in [6, 6.07) is 0. The van der Waals surface area contributed by atoms with Crippen LogP contribution in [-0.2, 0) is 4.74 Å². The molecule has 0 aromatic carbocycles. The van der Waals surface area contributed by atoms with Crippen molar-refractivity contribution in [1.82, 2.24) is 9.55 Å². The highest BCUT2D eigenvalue weighted by atomic mass is 16.5. The normalized spacial score (nSPS) is 27.8. The maximum atomic E-state index is 12.1. The Hall–Kier alpha value is -2.18. The van der Waals surface area contributed by atoms with Gasteiger partial charge in [-0.15, -0.1) is 0 Å². The molecule has 1 aromatic heterocycles. The summed E-state index contributed by atoms with van der Waals surface area (Å²) in [5, 5.41) is 9.85. The molecule has 0 spiro atoms. The number of nitrogens with one attached hydrogen (secondary N) is 1. The number of H-pyrrole nitrogens is 1. The van der Waals surface area contributed by atoms with Gasteiger partial charge in [-0.2, -0.15) is 0 Å². The second-order valence-corrected chi connectivity index (χ2v) is 5.29. The molecule has 1 aromatic rings. The number of nitrogens with zero attached hydrogens (tertiary/aromatic N) is 1. The van der Waals surface area contributed by atoms with Gasteiger partial charge in [-0.25, -0.2) is 4.79 Å². The fraction of sp³-hybridized carbons (Fsp3) is 0.312. The second-order valence-electron chi connectivity index (χ2n) is 5.29. The van der Waals surface area contributed by atoms with Gasteiger partial charge < -0.3 is 9.84 Å². The van der Waals surface area contributed by atoms with Crippen molar-refractivity contribution in [3.8, 4) is 0 Å². The van der Waals surface area contributed by atoms with Crippen molar-refractivity contribution in [2.24, 2.45) is 0 Å². The van der Waals surface area contributed by atoms with Crippen molar-refractivity contribution in [1.29, 1.82) is 0 Å². The predicted octanol–water partition coefficient (Wildman–Crippen LogP) is 0.919. The first kappa shape index (κ1) is 13.5. The Morgan fingerprint density at radius 3 is 3.05 bits per heavy atom. The van der Waals surface area contributed by atoms with Gasteiger partial charge in [-0.1, -0.05) is 24.8 Å². The molecule has 0 saturated carbocycles. The number of aliphatic hydroxyl groups is 1. The van der Waals surface area contributed by atoms with E-state index in [0.717, 1.165) is 5.57 Å². The van der Waals surface area contributed by atoms with Gasteiger partial charge in [-0.05, 0) is 18.0 Å². The molecular weight excluding hydrogens is 284 g/mol. The van der Waals surface area contributed by atoms with Crippen molar-refractivity contribution in [2.75, 3.05) is 0 Å². The van der Waals surface area contributed by atoms with E-state index in [1.165, 1.54) is 10.8 Å². The summed E-state index contributed by atoms with van der Waals surface area (Å²) in [7, 11) is 0. The number of rotatable bonds is 3. The van der Waals surface area contributed by atoms with Gasteiger partial charge in [0, 0.05) is 20.4 Å². The van der Waals surface area contributed by atoms with E-state index in [1.807, 2.05) is 24.6 Å². The average Bonchev–Trinajstić information content (AvgIpc) is 3.16. The maximum absolute atomic E-state index is 12.1. The van der Waals surface area contributed by atoms with Crippen molar-refractivity contribution >= 4 is 5.57 Å². The van der Waals surface area contributed by atoms with Gasteiger partial charge in [0.25, 0.3) is 5.56 Å². The molecule has 6 nitrogen and oxygen atoms in total. The molecule has 1 radical (unpaired) electrons. The van der Waals surface area contributed by atoms with E-state index in [-0.39, 0.29) is 18.9 Å². The van der Waals surface area contributed by atoms with E-state index >= 15 is 0 Å². The van der Waals surface area contributed by atoms with Crippen LogP contribution in [-0.4, -0.2) is 26.9 Å². The summed E-state index contributed by atoms with van der Waals surface area (Å²) in [6.45, 7) is 3.82. The van der Waals surface area contributed by atoms with Crippen molar-refractivity contribution in [3.63, 3.8) is 0 Å². The third-order valence-electron chi connectivity index (χ3n) is 3.82. The zero-order valence-corrected chi connectivity index (χ0v) is 11.9. The SMILES string of the molecule is [2H]C[C@H]1O[C@@H](n2cc(C(=C)C3=C[CH]C=C3)c(=O)[nH]c2=O)CC1O. The highest BCUT2D eigenvalue weighted by Gasteiger charge is 2.32. The predicted molar refractivity (Wildman–Crippen MR) is 82.1 cm³/mol. The Kier molecular flexibility index (Phi) is 3.40. The van der Waals surface area contributed by atoms with Crippen molar-refractivity contribution in [3.05, 3.63) is 69.4 Å². The van der Waals surface area contributed by atoms with Gasteiger partial charge in [0.15, 0.2) is 0 Å². The van der Waals surface area contributed by atoms with E-state index in [4.69, 9.17) is 6.11 Å². The van der Waals surface area contributed by atoms with Crippen LogP contribution in [0.4, 0.5) is 0 Å². The first-order valence-electron chi connectivity index (χ1n) is 7.61. The Bertz CT molecular complexity index is 805. The molecule has 22 heavy (non-hydrogen) atoms. The standard InChI is InChI=1S/C16H17N2O4/c1-9(11-5-3-4-6-11)12-8-18(16(21)17-15(12)20)14-7-13(19)10(2)22-14/h3-6,8,10,13-14,19H,1,7H2,2H3,(H,17,20,21)/t10-,13?,14-/m1/s1/i2D. The third-order valence-corrected chi connectivity index (χ3v) is 3.82. The molecule has 6 heteroatoms. The van der Waals surface area contributed by atoms with Gasteiger partial charge in [-0.3, -0.25) is 14.3 Å². The average molecular weight is 302 g/mol. The fourth-order valence-electron chi connectivity index (χ4n) is 2.53. The van der Waals surface area contributed by atoms with Crippen LogP contribution in [0, 0.1) is 6.42 Å². The lowest BCUT2D eigenvalue weighted by molar-refractivity contribution is -0.0101. The van der Waals surface area contributed by atoms with E-state index in [1.54, 1.807) is 0 Å². The van der Waals surface area contributed by atoms with Gasteiger partial charge in [0.1, 0.15) is 6.23 Å². The minimum atomic E-state index is -0.807. The summed E-state index contributed by atoms with van der Waals surface area (Å²) in [5.41, 5.74) is 0.422. The van der Waals surface area contributed by atoms with Crippen LogP contribution in [0.25, 0.3) is 5.57 Å². The molecule has 0 bridgehead atoms. The molecule has 1 unspecified atom stereocenters. The zero-order chi connectivity index (χ0) is 16.6. The molecule has 2 aliphatic rings. The van der Waals surface area contributed by atoms with Crippen LogP contribution in [0.1, 0.15) is 26.5 Å². The maximum Gasteiger partial charge on any atom is 0.330 e. The van der Waals surface area contributed by atoms with Crippen LogP contribution < -0.4 is 11.2 Å². The summed E-state index contributed by atoms with van der Waals surface area (Å²) >= 11 is 0. The van der Waals surface area contributed by atoms with Crippen LogP contribution >= 0.6 is 0 Å². The summed E-state index contributed by atoms with van der Waals surface area (Å²) < 4.78 is 14.1. The van der Waals surface area contributed by atoms with Crippen LogP contribution in [0.3, 0.4) is 0 Å². The number of aliphatic hydroxyl groups excluding tert-OH is 1. The molecule has 3 atom stereocenters. The molecular formula is C16H17N2O4. The lowest BCUT2D eigenvalue weighted by Crippen LogP contribution is -2.34. The molecule has 1 saturated heterocycles. The Balaban J connectivity index is 1.98. The summed E-state index contributed by atoms with van der Waals surface area (Å²) in [4.78, 5) is 26.4. The monoisotopic (exact) mass is 302 g/mol. The van der Waals surface area contributed by atoms with Crippen LogP contribution in [0.5, 0.6) is 0 Å². The zero-order valence-electron chi connectivity index (χ0n) is 12.9. The first-order valence-corrected chi connectivity index (χ1v) is 6.91. The van der Waals surface area contributed by atoms with E-state index in [2.05, 4.69) is 11.6 Å². The topological polar surface area (TPSA) is 84.3 Å². The van der Waals surface area contributed by atoms with Gasteiger partial charge in [0.2, 0.25) is 0 Å². The number of hydrogen-bond donors (Lipinski definition) is 2. The van der Waals surface area contributed by atoms with E-state index in [0.29, 0.717) is 5.57 Å². The Labute approximate surface area is 128 Å². The van der Waals surface area contributed by atoms with Crippen molar-refractivity contribution < 1.29 is 11.2 Å². The fourth-order valence-corrected chi connectivity index (χ4v) is 2.53. The molecule has 2 N–H and O–H groups in total. The molecule has 1 aliphatic heterocycles. The van der Waals surface area contributed by atoms with Crippen LogP contribution in [0.2, 0.25) is 0 Å². The molecule has 1 aliphatic carbocycles. The highest BCUT2D eigenvalue weighted by molar-refractivity contribution is 5.81. The molecule has 3 rings (SSSR count). The Morgan fingerprint density at radius 1 is 1.59 bits per heavy atom. The first-order chi connectivity index (χ1) is 11.0. The lowest BCUT2D eigenvalue weighted by atomic mass is 10.0. The smallest absolute Gasteiger partial charge is 0.330 e. The van der Waals surface area contributed by atoms with Crippen LogP contribution in [0.15, 0.2) is 46.2 Å². The van der Waals surface area contributed by atoms with Gasteiger partial charge >= 0.3 is 5.69 Å².